The molecule has 3 aliphatic heterocycles. The van der Waals surface area contributed by atoms with E-state index in [2.05, 4.69) is 46.6 Å². The van der Waals surface area contributed by atoms with E-state index in [0.717, 1.165) is 32.9 Å². The van der Waals surface area contributed by atoms with Crippen LogP contribution < -0.4 is 15.0 Å². The summed E-state index contributed by atoms with van der Waals surface area (Å²) >= 11 is 6.33. The lowest BCUT2D eigenvalue weighted by Crippen LogP contribution is -2.49. The maximum Gasteiger partial charge on any atom is 0.249 e. The van der Waals surface area contributed by atoms with Crippen LogP contribution in [0.2, 0.25) is 0 Å². The number of rotatable bonds is 13. The molecular weight excluding hydrogens is 718 g/mol. The monoisotopic (exact) mass is 777 g/mol. The second-order valence-electron chi connectivity index (χ2n) is 14.6. The number of nitrogens with one attached hydrogen (secondary N) is 1. The molecule has 8 nitrogen and oxygen atoms in total. The van der Waals surface area contributed by atoms with Crippen LogP contribution in [0.25, 0.3) is 21.9 Å². The molecular formula is C47H52ClN5O3. The smallest absolute Gasteiger partial charge is 0.249 e. The summed E-state index contributed by atoms with van der Waals surface area (Å²) in [7, 11) is 0. The van der Waals surface area contributed by atoms with E-state index < -0.39 is 37.9 Å². The summed E-state index contributed by atoms with van der Waals surface area (Å²) in [4.78, 5) is 27.8. The van der Waals surface area contributed by atoms with Gasteiger partial charge in [-0.25, -0.2) is 0 Å². The molecule has 0 radical (unpaired) electrons. The van der Waals surface area contributed by atoms with Crippen molar-refractivity contribution in [2.45, 2.75) is 38.1 Å². The van der Waals surface area contributed by atoms with E-state index in [9.17, 15) is 9.59 Å². The molecule has 5 aromatic rings. The average molecular weight is 778 g/mol. The van der Waals surface area contributed by atoms with Crippen LogP contribution in [-0.4, -0.2) is 90.8 Å². The Morgan fingerprint density at radius 2 is 1.45 bits per heavy atom. The molecule has 2 amide bonds. The number of anilines is 1. The molecule has 4 heterocycles. The van der Waals surface area contributed by atoms with Crippen molar-refractivity contribution < 1.29 is 25.3 Å². The molecule has 3 fully saturated rings. The summed E-state index contributed by atoms with van der Waals surface area (Å²) in [6, 6.07) is 32.6. The SMILES string of the molecule is [2H]C1([2H])N(CC2CCN(CCOc3ccc(C(=C(CCCl)c4ccccc4)c4ccccc4)cc3)CC2)C([2H])([2H])C([2H])([2H])N(c2ccc3cn(C4CCC(=O)NC4=O)cc3c2)C1([2H])[2H]. The first-order valence-corrected chi connectivity index (χ1v) is 19.9. The highest BCUT2D eigenvalue weighted by atomic mass is 35.5. The van der Waals surface area contributed by atoms with Crippen LogP contribution in [0, 0.1) is 5.92 Å². The van der Waals surface area contributed by atoms with E-state index in [1.165, 1.54) is 17.7 Å². The van der Waals surface area contributed by atoms with Gasteiger partial charge in [0.25, 0.3) is 0 Å². The van der Waals surface area contributed by atoms with E-state index in [1.54, 1.807) is 23.0 Å². The number of imide groups is 1. The fraction of sp³-hybridized carbons (Fsp3) is 0.362. The largest absolute Gasteiger partial charge is 0.492 e. The first kappa shape index (κ1) is 29.4. The molecule has 1 unspecified atom stereocenters. The van der Waals surface area contributed by atoms with Crippen molar-refractivity contribution in [2.75, 3.05) is 69.6 Å². The van der Waals surface area contributed by atoms with Gasteiger partial charge in [-0.05, 0) is 102 Å². The van der Waals surface area contributed by atoms with Crippen LogP contribution in [0.5, 0.6) is 5.75 Å². The molecule has 0 saturated carbocycles. The predicted molar refractivity (Wildman–Crippen MR) is 227 cm³/mol. The number of halogens is 1. The third-order valence-electron chi connectivity index (χ3n) is 10.9. The van der Waals surface area contributed by atoms with Crippen molar-refractivity contribution in [3.63, 3.8) is 0 Å². The van der Waals surface area contributed by atoms with Gasteiger partial charge in [-0.1, -0.05) is 78.9 Å². The maximum atomic E-state index is 12.5. The third-order valence-corrected chi connectivity index (χ3v) is 11.1. The van der Waals surface area contributed by atoms with Crippen LogP contribution in [-0.2, 0) is 9.59 Å². The minimum absolute atomic E-state index is 0.0457. The van der Waals surface area contributed by atoms with Gasteiger partial charge in [-0.2, -0.15) is 0 Å². The number of benzene rings is 4. The van der Waals surface area contributed by atoms with Crippen LogP contribution >= 0.6 is 11.6 Å². The van der Waals surface area contributed by atoms with Gasteiger partial charge in [-0.3, -0.25) is 24.7 Å². The number of piperazine rings is 1. The van der Waals surface area contributed by atoms with Crippen molar-refractivity contribution in [1.29, 1.82) is 0 Å². The van der Waals surface area contributed by atoms with Gasteiger partial charge in [0, 0.05) is 80.3 Å². The van der Waals surface area contributed by atoms with Crippen LogP contribution in [0.1, 0.15) is 65.8 Å². The number of allylic oxidation sites excluding steroid dienone is 1. The standard InChI is InChI=1S/C47H52ClN5O3/c48-22-19-43(36-7-3-1-4-8-36)46(37-9-5-2-6-10-37)38-12-15-42(16-13-38)56-30-29-50-23-20-35(21-24-50)32-51-25-27-52(28-26-51)41-14-11-39-33-53(34-40(39)31-41)44-17-18-45(54)49-47(44)55/h1-16,31,33-35,44H,17-30,32H2,(H,49,54,55)/i25D2,26D2,27D2,28D2. The zero-order chi connectivity index (χ0) is 45.4. The van der Waals surface area contributed by atoms with Crippen molar-refractivity contribution in [2.24, 2.45) is 5.92 Å². The number of fused-ring (bicyclic) bond motifs is 1. The number of carbonyl (C=O) groups excluding carboxylic acids is 2. The average Bonchev–Trinajstić information content (AvgIpc) is 3.69. The van der Waals surface area contributed by atoms with Gasteiger partial charge < -0.3 is 14.2 Å². The van der Waals surface area contributed by atoms with Crippen LogP contribution in [0.4, 0.5) is 5.69 Å². The van der Waals surface area contributed by atoms with Gasteiger partial charge in [-0.15, -0.1) is 11.6 Å². The zero-order valence-electron chi connectivity index (χ0n) is 39.3. The molecule has 1 aromatic heterocycles. The van der Waals surface area contributed by atoms with E-state index in [0.29, 0.717) is 73.5 Å². The summed E-state index contributed by atoms with van der Waals surface area (Å²) in [6.07, 6.45) is 5.73. The Bertz CT molecular complexity index is 2470. The number of alkyl halides is 1. The van der Waals surface area contributed by atoms with Gasteiger partial charge in [0.05, 0.1) is 5.48 Å². The van der Waals surface area contributed by atoms with E-state index in [4.69, 9.17) is 27.3 Å². The number of nitrogens with zero attached hydrogens (tertiary/aromatic N) is 4. The molecule has 1 N–H and O–H groups in total. The molecule has 0 bridgehead atoms. The lowest BCUT2D eigenvalue weighted by atomic mass is 9.88. The lowest BCUT2D eigenvalue weighted by molar-refractivity contribution is -0.135. The number of aromatic nitrogens is 1. The second-order valence-corrected chi connectivity index (χ2v) is 14.9. The molecule has 1 atom stereocenters. The zero-order valence-corrected chi connectivity index (χ0v) is 32.1. The molecule has 8 rings (SSSR count). The number of likely N-dealkylation sites (tertiary alicyclic amines) is 1. The number of piperidine rings is 2. The third kappa shape index (κ3) is 9.04. The fourth-order valence-electron chi connectivity index (χ4n) is 7.86. The summed E-state index contributed by atoms with van der Waals surface area (Å²) in [5, 5.41) is 3.52. The number of hydrogen-bond donors (Lipinski definition) is 1. The Morgan fingerprint density at radius 1 is 0.768 bits per heavy atom. The van der Waals surface area contributed by atoms with Crippen LogP contribution in [0.3, 0.4) is 0 Å². The Balaban J connectivity index is 0.900. The Labute approximate surface area is 346 Å². The second kappa shape index (κ2) is 17.9. The number of amides is 2. The normalized spacial score (nSPS) is 24.9. The highest BCUT2D eigenvalue weighted by Gasteiger charge is 2.28. The lowest BCUT2D eigenvalue weighted by Gasteiger charge is -2.39. The van der Waals surface area contributed by atoms with Gasteiger partial charge >= 0.3 is 0 Å². The van der Waals surface area contributed by atoms with Gasteiger partial charge in [0.1, 0.15) is 18.4 Å². The highest BCUT2D eigenvalue weighted by Crippen LogP contribution is 2.35. The quantitative estimate of drug-likeness (QED) is 0.0741. The summed E-state index contributed by atoms with van der Waals surface area (Å²) in [6.45, 7) is -9.71. The Hall–Kier alpha value is -4.89. The number of carbonyl (C=O) groups is 2. The minimum Gasteiger partial charge on any atom is -0.492 e. The topological polar surface area (TPSA) is 70.1 Å². The molecule has 0 spiro atoms. The maximum absolute atomic E-state index is 12.5. The molecule has 3 aliphatic rings. The predicted octanol–water partition coefficient (Wildman–Crippen LogP) is 8.12. The van der Waals surface area contributed by atoms with Crippen molar-refractivity contribution in [3.05, 3.63) is 132 Å². The van der Waals surface area contributed by atoms with E-state index >= 15 is 0 Å². The molecule has 9 heteroatoms. The summed E-state index contributed by atoms with van der Waals surface area (Å²) < 4.78 is 80.6. The molecule has 56 heavy (non-hydrogen) atoms. The molecule has 290 valence electrons. The van der Waals surface area contributed by atoms with Crippen molar-refractivity contribution >= 4 is 51.0 Å². The number of ether oxygens (including phenoxy) is 1. The first-order chi connectivity index (χ1) is 30.5. The van der Waals surface area contributed by atoms with E-state index in [1.807, 2.05) is 48.5 Å². The van der Waals surface area contributed by atoms with Crippen molar-refractivity contribution in [1.82, 2.24) is 19.7 Å². The Kier molecular flexibility index (Phi) is 9.40. The van der Waals surface area contributed by atoms with E-state index in [-0.39, 0.29) is 30.5 Å². The summed E-state index contributed by atoms with van der Waals surface area (Å²) in [5.41, 5.74) is 5.53. The molecule has 3 saturated heterocycles. The molecule has 4 aromatic carbocycles. The first-order valence-electron chi connectivity index (χ1n) is 23.4. The van der Waals surface area contributed by atoms with Crippen LogP contribution in [0.15, 0.2) is 116 Å². The van der Waals surface area contributed by atoms with Crippen molar-refractivity contribution in [3.8, 4) is 5.75 Å². The summed E-state index contributed by atoms with van der Waals surface area (Å²) in [5.74, 6) is 0.232. The highest BCUT2D eigenvalue weighted by molar-refractivity contribution is 6.18. The van der Waals surface area contributed by atoms with Gasteiger partial charge in [0.15, 0.2) is 0 Å². The molecule has 0 aliphatic carbocycles. The number of hydrogen-bond acceptors (Lipinski definition) is 6. The minimum atomic E-state index is -3.01. The Morgan fingerprint density at radius 3 is 2.14 bits per heavy atom. The fourth-order valence-corrected chi connectivity index (χ4v) is 8.05. The van der Waals surface area contributed by atoms with Gasteiger partial charge in [0.2, 0.25) is 11.8 Å².